The second-order valence-corrected chi connectivity index (χ2v) is 6.46. The van der Waals surface area contributed by atoms with Crippen LogP contribution < -0.4 is 10.2 Å². The van der Waals surface area contributed by atoms with E-state index in [0.29, 0.717) is 18.5 Å². The summed E-state index contributed by atoms with van der Waals surface area (Å²) in [6.45, 7) is 0.572. The number of nitrogens with zero attached hydrogens (tertiary/aromatic N) is 5. The van der Waals surface area contributed by atoms with Crippen LogP contribution in [0.25, 0.3) is 11.2 Å². The lowest BCUT2D eigenvalue weighted by Gasteiger charge is -2.15. The Hall–Kier alpha value is -2.57. The Kier molecular flexibility index (Phi) is 3.84. The molecule has 3 heterocycles. The Morgan fingerprint density at radius 2 is 2.12 bits per heavy atom. The molecule has 1 N–H and O–H groups in total. The van der Waals surface area contributed by atoms with Crippen molar-refractivity contribution in [2.75, 3.05) is 24.3 Å². The standard InChI is InChI=1S/C17H22N6O/c1-22(2)17-20-15(18-10-13-8-5-9-24-13)14-16(21-17)23(11-19-14)12-6-3-4-7-12/h5,8-9,11-12H,3-4,6-7,10H2,1-2H3,(H,18,20,21). The first-order valence-corrected chi connectivity index (χ1v) is 8.40. The van der Waals surface area contributed by atoms with Crippen LogP contribution >= 0.6 is 0 Å². The van der Waals surface area contributed by atoms with E-state index in [1.807, 2.05) is 37.5 Å². The molecule has 1 aliphatic rings. The molecule has 1 fully saturated rings. The van der Waals surface area contributed by atoms with Gasteiger partial charge in [0.25, 0.3) is 0 Å². The molecule has 0 bridgehead atoms. The first-order valence-electron chi connectivity index (χ1n) is 8.40. The van der Waals surface area contributed by atoms with Crippen molar-refractivity contribution in [3.05, 3.63) is 30.5 Å². The normalized spacial score (nSPS) is 15.2. The van der Waals surface area contributed by atoms with Crippen LogP contribution in [0.3, 0.4) is 0 Å². The summed E-state index contributed by atoms with van der Waals surface area (Å²) in [5.41, 5.74) is 1.72. The molecule has 1 saturated carbocycles. The zero-order chi connectivity index (χ0) is 16.5. The molecular formula is C17H22N6O. The molecule has 0 amide bonds. The maximum atomic E-state index is 5.39. The number of aromatic nitrogens is 4. The van der Waals surface area contributed by atoms with E-state index in [2.05, 4.69) is 19.9 Å². The predicted octanol–water partition coefficient (Wildman–Crippen LogP) is 3.21. The van der Waals surface area contributed by atoms with Crippen molar-refractivity contribution in [2.24, 2.45) is 0 Å². The molecule has 126 valence electrons. The second-order valence-electron chi connectivity index (χ2n) is 6.46. The number of rotatable bonds is 5. The van der Waals surface area contributed by atoms with Gasteiger partial charge in [0.05, 0.1) is 19.1 Å². The van der Waals surface area contributed by atoms with E-state index < -0.39 is 0 Å². The number of fused-ring (bicyclic) bond motifs is 1. The zero-order valence-electron chi connectivity index (χ0n) is 14.1. The molecule has 0 spiro atoms. The van der Waals surface area contributed by atoms with Gasteiger partial charge in [-0.2, -0.15) is 9.97 Å². The summed E-state index contributed by atoms with van der Waals surface area (Å²) in [6.07, 6.45) is 8.53. The van der Waals surface area contributed by atoms with Gasteiger partial charge in [-0.05, 0) is 25.0 Å². The SMILES string of the molecule is CN(C)c1nc(NCc2ccco2)c2ncn(C3CCCC3)c2n1. The van der Waals surface area contributed by atoms with Gasteiger partial charge in [0, 0.05) is 20.1 Å². The minimum Gasteiger partial charge on any atom is -0.467 e. The van der Waals surface area contributed by atoms with E-state index in [4.69, 9.17) is 9.40 Å². The molecule has 3 aromatic rings. The van der Waals surface area contributed by atoms with Crippen molar-refractivity contribution >= 4 is 22.9 Å². The molecule has 0 unspecified atom stereocenters. The maximum absolute atomic E-state index is 5.39. The number of nitrogens with one attached hydrogen (secondary N) is 1. The van der Waals surface area contributed by atoms with Crippen LogP contribution in [0.5, 0.6) is 0 Å². The molecule has 0 atom stereocenters. The largest absolute Gasteiger partial charge is 0.467 e. The number of anilines is 2. The average molecular weight is 326 g/mol. The van der Waals surface area contributed by atoms with E-state index in [9.17, 15) is 0 Å². The summed E-state index contributed by atoms with van der Waals surface area (Å²) in [7, 11) is 3.90. The highest BCUT2D eigenvalue weighted by Gasteiger charge is 2.22. The summed E-state index contributed by atoms with van der Waals surface area (Å²) in [4.78, 5) is 15.9. The zero-order valence-corrected chi connectivity index (χ0v) is 14.1. The van der Waals surface area contributed by atoms with E-state index >= 15 is 0 Å². The second kappa shape index (κ2) is 6.14. The monoisotopic (exact) mass is 326 g/mol. The Bertz CT molecular complexity index is 817. The lowest BCUT2D eigenvalue weighted by molar-refractivity contribution is 0.518. The Balaban J connectivity index is 1.73. The fourth-order valence-electron chi connectivity index (χ4n) is 3.26. The topological polar surface area (TPSA) is 72.0 Å². The fraction of sp³-hybridized carbons (Fsp3) is 0.471. The van der Waals surface area contributed by atoms with Crippen LogP contribution in [0, 0.1) is 0 Å². The fourth-order valence-corrected chi connectivity index (χ4v) is 3.26. The first kappa shape index (κ1) is 15.0. The van der Waals surface area contributed by atoms with Crippen molar-refractivity contribution in [3.8, 4) is 0 Å². The van der Waals surface area contributed by atoms with Gasteiger partial charge < -0.3 is 19.2 Å². The van der Waals surface area contributed by atoms with Crippen LogP contribution in [-0.4, -0.2) is 33.6 Å². The molecule has 3 aromatic heterocycles. The van der Waals surface area contributed by atoms with Gasteiger partial charge in [-0.25, -0.2) is 4.98 Å². The van der Waals surface area contributed by atoms with Crippen molar-refractivity contribution < 1.29 is 4.42 Å². The van der Waals surface area contributed by atoms with Gasteiger partial charge in [0.1, 0.15) is 5.76 Å². The highest BCUT2D eigenvalue weighted by molar-refractivity contribution is 5.84. The van der Waals surface area contributed by atoms with E-state index in [-0.39, 0.29) is 0 Å². The summed E-state index contributed by atoms with van der Waals surface area (Å²) in [5, 5.41) is 3.34. The smallest absolute Gasteiger partial charge is 0.228 e. The highest BCUT2D eigenvalue weighted by Crippen LogP contribution is 2.33. The predicted molar refractivity (Wildman–Crippen MR) is 93.2 cm³/mol. The molecule has 0 radical (unpaired) electrons. The van der Waals surface area contributed by atoms with Crippen LogP contribution in [0.4, 0.5) is 11.8 Å². The van der Waals surface area contributed by atoms with Crippen LogP contribution in [0.1, 0.15) is 37.5 Å². The van der Waals surface area contributed by atoms with E-state index in [1.54, 1.807) is 6.26 Å². The van der Waals surface area contributed by atoms with Crippen molar-refractivity contribution in [1.82, 2.24) is 19.5 Å². The summed E-state index contributed by atoms with van der Waals surface area (Å²) in [5.74, 6) is 2.30. The van der Waals surface area contributed by atoms with Gasteiger partial charge >= 0.3 is 0 Å². The molecular weight excluding hydrogens is 304 g/mol. The highest BCUT2D eigenvalue weighted by atomic mass is 16.3. The number of hydrogen-bond donors (Lipinski definition) is 1. The van der Waals surface area contributed by atoms with Gasteiger partial charge in [-0.3, -0.25) is 0 Å². The van der Waals surface area contributed by atoms with Crippen LogP contribution in [0.15, 0.2) is 29.1 Å². The average Bonchev–Trinajstić information content (AvgIpc) is 3.31. The third-order valence-corrected chi connectivity index (χ3v) is 4.54. The lowest BCUT2D eigenvalue weighted by atomic mass is 10.2. The van der Waals surface area contributed by atoms with Gasteiger partial charge in [0.2, 0.25) is 5.95 Å². The Morgan fingerprint density at radius 1 is 1.29 bits per heavy atom. The maximum Gasteiger partial charge on any atom is 0.228 e. The molecule has 0 aliphatic heterocycles. The van der Waals surface area contributed by atoms with E-state index in [1.165, 1.54) is 25.7 Å². The third kappa shape index (κ3) is 2.70. The van der Waals surface area contributed by atoms with Crippen molar-refractivity contribution in [2.45, 2.75) is 38.3 Å². The van der Waals surface area contributed by atoms with Gasteiger partial charge in [0.15, 0.2) is 17.0 Å². The lowest BCUT2D eigenvalue weighted by Crippen LogP contribution is -2.15. The van der Waals surface area contributed by atoms with E-state index in [0.717, 1.165) is 22.7 Å². The minimum atomic E-state index is 0.498. The van der Waals surface area contributed by atoms with Gasteiger partial charge in [-0.15, -0.1) is 0 Å². The minimum absolute atomic E-state index is 0.498. The quantitative estimate of drug-likeness (QED) is 0.776. The number of hydrogen-bond acceptors (Lipinski definition) is 6. The van der Waals surface area contributed by atoms with Crippen molar-refractivity contribution in [1.29, 1.82) is 0 Å². The van der Waals surface area contributed by atoms with Crippen molar-refractivity contribution in [3.63, 3.8) is 0 Å². The Morgan fingerprint density at radius 3 is 2.83 bits per heavy atom. The molecule has 7 heteroatoms. The molecule has 24 heavy (non-hydrogen) atoms. The summed E-state index contributed by atoms with van der Waals surface area (Å²) in [6, 6.07) is 4.32. The first-order chi connectivity index (χ1) is 11.7. The Labute approximate surface area is 140 Å². The molecule has 0 aromatic carbocycles. The molecule has 1 aliphatic carbocycles. The number of imidazole rings is 1. The molecule has 4 rings (SSSR count). The van der Waals surface area contributed by atoms with Crippen LogP contribution in [-0.2, 0) is 6.54 Å². The summed E-state index contributed by atoms with van der Waals surface area (Å²) < 4.78 is 7.61. The summed E-state index contributed by atoms with van der Waals surface area (Å²) >= 11 is 0. The molecule has 0 saturated heterocycles. The number of furan rings is 1. The van der Waals surface area contributed by atoms with Gasteiger partial charge in [-0.1, -0.05) is 12.8 Å². The third-order valence-electron chi connectivity index (χ3n) is 4.54. The molecule has 7 nitrogen and oxygen atoms in total. The van der Waals surface area contributed by atoms with Crippen LogP contribution in [0.2, 0.25) is 0 Å².